The number of hydrogen-bond donors (Lipinski definition) is 4. The fourth-order valence-electron chi connectivity index (χ4n) is 7.02. The lowest BCUT2D eigenvalue weighted by molar-refractivity contribution is -0.122. The Balaban J connectivity index is 0.000000237. The number of nitrogens with one attached hydrogen (secondary N) is 4. The van der Waals surface area contributed by atoms with Crippen molar-refractivity contribution < 1.29 is 36.0 Å². The van der Waals surface area contributed by atoms with Crippen LogP contribution in [0.3, 0.4) is 0 Å². The minimum Gasteiger partial charge on any atom is -0.444 e. The van der Waals surface area contributed by atoms with E-state index in [9.17, 15) is 31.2 Å². The molecule has 15 heteroatoms. The number of ether oxygens (including phenoxy) is 1. The summed E-state index contributed by atoms with van der Waals surface area (Å²) in [7, 11) is -7.27. The molecule has 0 radical (unpaired) electrons. The molecule has 61 heavy (non-hydrogen) atoms. The molecule has 0 spiro atoms. The summed E-state index contributed by atoms with van der Waals surface area (Å²) in [4.78, 5) is 40.5. The first-order valence-corrected chi connectivity index (χ1v) is 23.3. The molecule has 0 aromatic heterocycles. The normalized spacial score (nSPS) is 16.8. The van der Waals surface area contributed by atoms with Crippen LogP contribution in [0.15, 0.2) is 107 Å². The molecule has 3 amide bonds. The van der Waals surface area contributed by atoms with Gasteiger partial charge in [-0.25, -0.2) is 31.1 Å². The van der Waals surface area contributed by atoms with E-state index < -0.39 is 48.9 Å². The van der Waals surface area contributed by atoms with Crippen LogP contribution in [0.2, 0.25) is 0 Å². The number of benzene rings is 4. The summed E-state index contributed by atoms with van der Waals surface area (Å²) in [5, 5.41) is 5.73. The van der Waals surface area contributed by atoms with E-state index in [0.29, 0.717) is 17.8 Å². The van der Waals surface area contributed by atoms with E-state index in [1.807, 2.05) is 36.4 Å². The lowest BCUT2D eigenvalue weighted by Crippen LogP contribution is -2.52. The molecular formula is C46H59N5O8S2. The molecule has 2 aliphatic rings. The second kappa shape index (κ2) is 18.5. The van der Waals surface area contributed by atoms with Crippen molar-refractivity contribution in [1.82, 2.24) is 14.3 Å². The zero-order valence-electron chi connectivity index (χ0n) is 36.5. The smallest absolute Gasteiger partial charge is 0.411 e. The van der Waals surface area contributed by atoms with Gasteiger partial charge in [0.2, 0.25) is 31.9 Å². The topological polar surface area (TPSA) is 180 Å². The van der Waals surface area contributed by atoms with Crippen LogP contribution in [-0.4, -0.2) is 62.4 Å². The lowest BCUT2D eigenvalue weighted by atomic mass is 9.83. The second-order valence-corrected chi connectivity index (χ2v) is 21.9. The average Bonchev–Trinajstić information content (AvgIpc) is 3.15. The summed E-state index contributed by atoms with van der Waals surface area (Å²) < 4.78 is 60.5. The second-order valence-electron chi connectivity index (χ2n) is 18.5. The van der Waals surface area contributed by atoms with Crippen LogP contribution in [0, 0.1) is 5.92 Å². The molecule has 4 aromatic rings. The van der Waals surface area contributed by atoms with E-state index in [-0.39, 0.29) is 34.1 Å². The van der Waals surface area contributed by atoms with Crippen LogP contribution >= 0.6 is 0 Å². The molecule has 1 heterocycles. The van der Waals surface area contributed by atoms with Crippen molar-refractivity contribution in [3.8, 4) is 0 Å². The van der Waals surface area contributed by atoms with Gasteiger partial charge in [0.15, 0.2) is 0 Å². The van der Waals surface area contributed by atoms with Gasteiger partial charge >= 0.3 is 6.09 Å². The van der Waals surface area contributed by atoms with E-state index in [1.165, 1.54) is 52.4 Å². The van der Waals surface area contributed by atoms with Crippen molar-refractivity contribution in [3.63, 3.8) is 0 Å². The number of sulfonamides is 2. The average molecular weight is 874 g/mol. The first-order chi connectivity index (χ1) is 28.3. The number of carbonyl (C=O) groups excluding carboxylic acids is 3. The summed E-state index contributed by atoms with van der Waals surface area (Å²) >= 11 is 0. The fraction of sp³-hybridized carbons (Fsp3) is 0.413. The number of anilines is 2. The molecule has 0 saturated heterocycles. The molecule has 2 unspecified atom stereocenters. The molecule has 0 fully saturated rings. The highest BCUT2D eigenvalue weighted by Gasteiger charge is 2.37. The maximum atomic E-state index is 13.2. The van der Waals surface area contributed by atoms with E-state index in [1.54, 1.807) is 74.4 Å². The minimum absolute atomic E-state index is 0.0204. The van der Waals surface area contributed by atoms with Gasteiger partial charge in [0.25, 0.3) is 0 Å². The molecule has 0 saturated carbocycles. The predicted octanol–water partition coefficient (Wildman–Crippen LogP) is 7.57. The van der Waals surface area contributed by atoms with Crippen molar-refractivity contribution in [1.29, 1.82) is 0 Å². The van der Waals surface area contributed by atoms with Gasteiger partial charge < -0.3 is 15.4 Å². The van der Waals surface area contributed by atoms with Gasteiger partial charge in [-0.3, -0.25) is 14.5 Å². The number of carbonyl (C=O) groups is 3. The maximum Gasteiger partial charge on any atom is 0.411 e. The van der Waals surface area contributed by atoms with Crippen molar-refractivity contribution in [2.24, 2.45) is 5.92 Å². The van der Waals surface area contributed by atoms with E-state index in [4.69, 9.17) is 4.74 Å². The predicted molar refractivity (Wildman–Crippen MR) is 238 cm³/mol. The SMILES string of the molecule is CC(C)(C)NS(=O)(=O)c1ccc(NC(=O)C2CCc3ccccc3C2)cc1.CC(C)(C)NS(=O)(=O)c1ccc(NC(=O)C2Cc3ccccc3CN2C(=O)OC(C)(C)C)cc1. The number of nitrogens with zero attached hydrogens (tertiary/aromatic N) is 1. The van der Waals surface area contributed by atoms with Gasteiger partial charge in [0.05, 0.1) is 16.3 Å². The summed E-state index contributed by atoms with van der Waals surface area (Å²) in [5.41, 5.74) is 3.70. The molecule has 2 atom stereocenters. The number of hydrogen-bond acceptors (Lipinski definition) is 8. The zero-order valence-corrected chi connectivity index (χ0v) is 38.1. The third-order valence-corrected chi connectivity index (χ3v) is 13.2. The highest BCUT2D eigenvalue weighted by molar-refractivity contribution is 7.89. The lowest BCUT2D eigenvalue weighted by Gasteiger charge is -2.36. The Kier molecular flexibility index (Phi) is 14.2. The first-order valence-electron chi connectivity index (χ1n) is 20.3. The standard InChI is InChI=1S/C25H33N3O5S.C21H26N2O3S/c1-24(2,3)27-34(31,32)20-13-11-19(12-14-20)26-22(29)21-15-17-9-7-8-10-18(17)16-28(21)23(30)33-25(4,5)6;1-21(2,3)23-27(25,26)19-12-10-18(11-13-19)22-20(24)17-9-8-15-6-4-5-7-16(15)14-17/h7-14,21,27H,15-16H2,1-6H3,(H,26,29);4-7,10-13,17,23H,8-9,14H2,1-3H3,(H,22,24). The van der Waals surface area contributed by atoms with Crippen LogP contribution in [0.4, 0.5) is 16.2 Å². The Hall–Kier alpha value is -5.09. The Morgan fingerprint density at radius 3 is 1.46 bits per heavy atom. The molecule has 1 aliphatic carbocycles. The summed E-state index contributed by atoms with van der Waals surface area (Å²) in [5.74, 6) is -0.456. The third kappa shape index (κ3) is 13.4. The van der Waals surface area contributed by atoms with Crippen molar-refractivity contribution in [2.45, 2.75) is 127 Å². The Bertz CT molecular complexity index is 2430. The Morgan fingerprint density at radius 1 is 0.574 bits per heavy atom. The Morgan fingerprint density at radius 2 is 1.00 bits per heavy atom. The van der Waals surface area contributed by atoms with Crippen LogP contribution in [0.1, 0.15) is 91.0 Å². The van der Waals surface area contributed by atoms with E-state index in [0.717, 1.165) is 30.4 Å². The first kappa shape index (κ1) is 47.0. The molecule has 6 rings (SSSR count). The highest BCUT2D eigenvalue weighted by Crippen LogP contribution is 2.28. The summed E-state index contributed by atoms with van der Waals surface area (Å²) in [6, 6.07) is 27.4. The van der Waals surface area contributed by atoms with Crippen LogP contribution in [0.25, 0.3) is 0 Å². The van der Waals surface area contributed by atoms with Crippen LogP contribution in [-0.2, 0) is 60.2 Å². The van der Waals surface area contributed by atoms with E-state index in [2.05, 4.69) is 32.2 Å². The maximum absolute atomic E-state index is 13.2. The molecule has 0 bridgehead atoms. The Labute approximate surface area is 361 Å². The molecule has 328 valence electrons. The summed E-state index contributed by atoms with van der Waals surface area (Å²) in [6.07, 6.45) is 2.26. The van der Waals surface area contributed by atoms with Crippen LogP contribution < -0.4 is 20.1 Å². The zero-order chi connectivity index (χ0) is 45.0. The van der Waals surface area contributed by atoms with Crippen molar-refractivity contribution in [2.75, 3.05) is 10.6 Å². The monoisotopic (exact) mass is 873 g/mol. The number of rotatable bonds is 8. The highest BCUT2D eigenvalue weighted by atomic mass is 32.2. The summed E-state index contributed by atoms with van der Waals surface area (Å²) in [6.45, 7) is 16.3. The van der Waals surface area contributed by atoms with Crippen molar-refractivity contribution in [3.05, 3.63) is 119 Å². The van der Waals surface area contributed by atoms with Crippen molar-refractivity contribution >= 4 is 49.3 Å². The number of amides is 3. The van der Waals surface area contributed by atoms with Gasteiger partial charge in [0, 0.05) is 34.8 Å². The van der Waals surface area contributed by atoms with E-state index >= 15 is 0 Å². The molecule has 4 N–H and O–H groups in total. The molecule has 4 aromatic carbocycles. The minimum atomic E-state index is -3.69. The number of aryl methyl sites for hydroxylation is 1. The largest absolute Gasteiger partial charge is 0.444 e. The fourth-order valence-corrected chi connectivity index (χ4v) is 9.86. The van der Waals surface area contributed by atoms with Crippen LogP contribution in [0.5, 0.6) is 0 Å². The molecule has 13 nitrogen and oxygen atoms in total. The van der Waals surface area contributed by atoms with Gasteiger partial charge in [-0.1, -0.05) is 48.5 Å². The third-order valence-electron chi connectivity index (χ3n) is 9.64. The molecular weight excluding hydrogens is 815 g/mol. The van der Waals surface area contributed by atoms with Gasteiger partial charge in [0.1, 0.15) is 11.6 Å². The quantitative estimate of drug-likeness (QED) is 0.140. The number of fused-ring (bicyclic) bond motifs is 2. The van der Waals surface area contributed by atoms with Gasteiger partial charge in [-0.15, -0.1) is 0 Å². The van der Waals surface area contributed by atoms with Gasteiger partial charge in [-0.2, -0.15) is 0 Å². The molecule has 1 aliphatic heterocycles. The van der Waals surface area contributed by atoms with Gasteiger partial charge in [-0.05, 0) is 152 Å².